The molecule has 3 aromatic rings. The molecule has 1 N–H and O–H groups in total. The van der Waals surface area contributed by atoms with Crippen LogP contribution < -0.4 is 10.2 Å². The number of hydrogen-bond donors (Lipinski definition) is 1. The molecule has 0 unspecified atom stereocenters. The van der Waals surface area contributed by atoms with E-state index in [9.17, 15) is 9.59 Å². The lowest BCUT2D eigenvalue weighted by molar-refractivity contribution is -0.117. The van der Waals surface area contributed by atoms with Gasteiger partial charge < -0.3 is 10.2 Å². The summed E-state index contributed by atoms with van der Waals surface area (Å²) in [5.74, 6) is 0.0261. The van der Waals surface area contributed by atoms with Gasteiger partial charge in [-0.2, -0.15) is 0 Å². The number of rotatable bonds is 5. The van der Waals surface area contributed by atoms with Crippen LogP contribution in [0.3, 0.4) is 0 Å². The highest BCUT2D eigenvalue weighted by Gasteiger charge is 2.23. The summed E-state index contributed by atoms with van der Waals surface area (Å²) in [6.07, 6.45) is 1.18. The quantitative estimate of drug-likeness (QED) is 0.690. The predicted molar refractivity (Wildman–Crippen MR) is 116 cm³/mol. The fourth-order valence-electron chi connectivity index (χ4n) is 4.00. The normalized spacial score (nSPS) is 12.7. The number of fused-ring (bicyclic) bond motifs is 1. The van der Waals surface area contributed by atoms with E-state index in [2.05, 4.69) is 29.6 Å². The van der Waals surface area contributed by atoms with E-state index in [-0.39, 0.29) is 17.7 Å². The molecule has 0 fully saturated rings. The highest BCUT2D eigenvalue weighted by Crippen LogP contribution is 2.32. The Morgan fingerprint density at radius 1 is 0.931 bits per heavy atom. The third-order valence-corrected chi connectivity index (χ3v) is 5.43. The van der Waals surface area contributed by atoms with Crippen LogP contribution in [0.4, 0.5) is 11.4 Å². The van der Waals surface area contributed by atoms with Gasteiger partial charge in [-0.3, -0.25) is 9.59 Å². The SMILES string of the molecule is CC(=O)N1CCc2cc(NC(=O)CC(c3ccccc3)c3ccccc3)ccc21. The summed E-state index contributed by atoms with van der Waals surface area (Å²) in [5.41, 5.74) is 5.07. The lowest BCUT2D eigenvalue weighted by Crippen LogP contribution is -2.25. The van der Waals surface area contributed by atoms with Gasteiger partial charge in [0.1, 0.15) is 0 Å². The van der Waals surface area contributed by atoms with E-state index in [0.717, 1.165) is 34.5 Å². The van der Waals surface area contributed by atoms with E-state index < -0.39 is 0 Å². The van der Waals surface area contributed by atoms with Crippen molar-refractivity contribution in [1.82, 2.24) is 0 Å². The molecule has 0 aromatic heterocycles. The molecule has 29 heavy (non-hydrogen) atoms. The fraction of sp³-hybridized carbons (Fsp3) is 0.200. The Labute approximate surface area is 171 Å². The molecule has 1 aliphatic rings. The van der Waals surface area contributed by atoms with Crippen molar-refractivity contribution in [3.8, 4) is 0 Å². The van der Waals surface area contributed by atoms with Crippen molar-refractivity contribution >= 4 is 23.2 Å². The van der Waals surface area contributed by atoms with Crippen LogP contribution in [0.5, 0.6) is 0 Å². The first-order valence-electron chi connectivity index (χ1n) is 9.92. The zero-order valence-corrected chi connectivity index (χ0v) is 16.5. The van der Waals surface area contributed by atoms with E-state index in [4.69, 9.17) is 0 Å². The zero-order chi connectivity index (χ0) is 20.2. The number of carbonyl (C=O) groups is 2. The summed E-state index contributed by atoms with van der Waals surface area (Å²) < 4.78 is 0. The van der Waals surface area contributed by atoms with Gasteiger partial charge in [-0.1, -0.05) is 60.7 Å². The summed E-state index contributed by atoms with van der Waals surface area (Å²) in [6.45, 7) is 2.28. The van der Waals surface area contributed by atoms with Crippen molar-refractivity contribution in [3.05, 3.63) is 95.6 Å². The molecule has 0 saturated carbocycles. The molecule has 1 heterocycles. The number of amides is 2. The average molecular weight is 384 g/mol. The number of anilines is 2. The largest absolute Gasteiger partial charge is 0.326 e. The summed E-state index contributed by atoms with van der Waals surface area (Å²) in [4.78, 5) is 26.4. The molecular weight excluding hydrogens is 360 g/mol. The van der Waals surface area contributed by atoms with Gasteiger partial charge in [0.2, 0.25) is 11.8 Å². The maximum Gasteiger partial charge on any atom is 0.225 e. The molecule has 0 saturated heterocycles. The second-order valence-corrected chi connectivity index (χ2v) is 7.39. The zero-order valence-electron chi connectivity index (χ0n) is 16.5. The average Bonchev–Trinajstić information content (AvgIpc) is 3.17. The second-order valence-electron chi connectivity index (χ2n) is 7.39. The molecule has 146 valence electrons. The van der Waals surface area contributed by atoms with Gasteiger partial charge in [0, 0.05) is 37.2 Å². The molecule has 0 atom stereocenters. The molecule has 0 aliphatic carbocycles. The van der Waals surface area contributed by atoms with Crippen LogP contribution in [0.15, 0.2) is 78.9 Å². The molecule has 4 rings (SSSR count). The van der Waals surface area contributed by atoms with Gasteiger partial charge in [0.25, 0.3) is 0 Å². The van der Waals surface area contributed by atoms with Crippen LogP contribution >= 0.6 is 0 Å². The Bertz CT molecular complexity index is 976. The van der Waals surface area contributed by atoms with E-state index in [1.54, 1.807) is 11.8 Å². The van der Waals surface area contributed by atoms with Gasteiger partial charge in [-0.05, 0) is 41.3 Å². The molecule has 1 aliphatic heterocycles. The van der Waals surface area contributed by atoms with Gasteiger partial charge >= 0.3 is 0 Å². The lowest BCUT2D eigenvalue weighted by atomic mass is 9.88. The van der Waals surface area contributed by atoms with Crippen LogP contribution in [-0.2, 0) is 16.0 Å². The van der Waals surface area contributed by atoms with Crippen molar-refractivity contribution in [1.29, 1.82) is 0 Å². The van der Waals surface area contributed by atoms with E-state index >= 15 is 0 Å². The minimum Gasteiger partial charge on any atom is -0.326 e. The van der Waals surface area contributed by atoms with Crippen LogP contribution in [0.2, 0.25) is 0 Å². The molecule has 4 nitrogen and oxygen atoms in total. The molecule has 0 spiro atoms. The van der Waals surface area contributed by atoms with Gasteiger partial charge in [0.15, 0.2) is 0 Å². The van der Waals surface area contributed by atoms with Crippen LogP contribution in [0, 0.1) is 0 Å². The van der Waals surface area contributed by atoms with Crippen molar-refractivity contribution in [3.63, 3.8) is 0 Å². The Hall–Kier alpha value is -3.40. The maximum absolute atomic E-state index is 12.9. The molecular formula is C25H24N2O2. The number of nitrogens with one attached hydrogen (secondary N) is 1. The molecule has 0 radical (unpaired) electrons. The summed E-state index contributed by atoms with van der Waals surface area (Å²) in [7, 11) is 0. The fourth-order valence-corrected chi connectivity index (χ4v) is 4.00. The van der Waals surface area contributed by atoms with E-state index in [1.807, 2.05) is 54.6 Å². The second kappa shape index (κ2) is 8.31. The lowest BCUT2D eigenvalue weighted by Gasteiger charge is -2.18. The molecule has 0 bridgehead atoms. The number of benzene rings is 3. The van der Waals surface area contributed by atoms with Crippen molar-refractivity contribution < 1.29 is 9.59 Å². The number of hydrogen-bond acceptors (Lipinski definition) is 2. The number of nitrogens with zero attached hydrogens (tertiary/aromatic N) is 1. The van der Waals surface area contributed by atoms with Gasteiger partial charge in [0.05, 0.1) is 0 Å². The highest BCUT2D eigenvalue weighted by atomic mass is 16.2. The summed E-state index contributed by atoms with van der Waals surface area (Å²) in [6, 6.07) is 26.0. The molecule has 2 amide bonds. The summed E-state index contributed by atoms with van der Waals surface area (Å²) in [5, 5.41) is 3.04. The summed E-state index contributed by atoms with van der Waals surface area (Å²) >= 11 is 0. The Balaban J connectivity index is 1.51. The monoisotopic (exact) mass is 384 g/mol. The van der Waals surface area contributed by atoms with E-state index in [1.165, 1.54) is 0 Å². The third-order valence-electron chi connectivity index (χ3n) is 5.43. The van der Waals surface area contributed by atoms with Crippen LogP contribution in [-0.4, -0.2) is 18.4 Å². The Kier molecular flexibility index (Phi) is 5.43. The predicted octanol–water partition coefficient (Wildman–Crippen LogP) is 4.76. The van der Waals surface area contributed by atoms with Gasteiger partial charge in [-0.25, -0.2) is 0 Å². The van der Waals surface area contributed by atoms with Crippen molar-refractivity contribution in [2.24, 2.45) is 0 Å². The first-order valence-corrected chi connectivity index (χ1v) is 9.92. The van der Waals surface area contributed by atoms with Gasteiger partial charge in [-0.15, -0.1) is 0 Å². The van der Waals surface area contributed by atoms with Crippen LogP contribution in [0.1, 0.15) is 36.0 Å². The molecule has 4 heteroatoms. The first-order chi connectivity index (χ1) is 14.1. The Morgan fingerprint density at radius 3 is 2.14 bits per heavy atom. The minimum absolute atomic E-state index is 0.0000293. The maximum atomic E-state index is 12.9. The van der Waals surface area contributed by atoms with E-state index in [0.29, 0.717) is 13.0 Å². The first kappa shape index (κ1) is 18.9. The third kappa shape index (κ3) is 4.21. The Morgan fingerprint density at radius 2 is 1.55 bits per heavy atom. The smallest absolute Gasteiger partial charge is 0.225 e. The van der Waals surface area contributed by atoms with Crippen molar-refractivity contribution in [2.45, 2.75) is 25.7 Å². The highest BCUT2D eigenvalue weighted by molar-refractivity contribution is 5.95. The topological polar surface area (TPSA) is 49.4 Å². The minimum atomic E-state index is -0.0240. The molecule has 3 aromatic carbocycles. The van der Waals surface area contributed by atoms with Crippen molar-refractivity contribution in [2.75, 3.05) is 16.8 Å². The van der Waals surface area contributed by atoms with Crippen LogP contribution in [0.25, 0.3) is 0 Å². The number of carbonyl (C=O) groups excluding carboxylic acids is 2. The standard InChI is InChI=1S/C25H24N2O2/c1-18(28)27-15-14-21-16-22(12-13-24(21)27)26-25(29)17-23(19-8-4-2-5-9-19)20-10-6-3-7-11-20/h2-13,16,23H,14-15,17H2,1H3,(H,26,29).